The smallest absolute Gasteiger partial charge is 0.307 e. The van der Waals surface area contributed by atoms with E-state index in [2.05, 4.69) is 4.98 Å². The molecule has 0 saturated heterocycles. The molecule has 0 spiro atoms. The molecule has 7 heteroatoms. The number of carbonyl (C=O) groups is 2. The summed E-state index contributed by atoms with van der Waals surface area (Å²) in [6, 6.07) is 14.1. The van der Waals surface area contributed by atoms with Gasteiger partial charge >= 0.3 is 5.97 Å². The Balaban J connectivity index is 1.65. The first-order chi connectivity index (χ1) is 16.9. The highest BCUT2D eigenvalue weighted by molar-refractivity contribution is 5.81. The molecule has 1 aliphatic rings. The van der Waals surface area contributed by atoms with Gasteiger partial charge in [0.05, 0.1) is 13.0 Å². The number of carboxylic acid groups (broad SMARTS) is 1. The summed E-state index contributed by atoms with van der Waals surface area (Å²) in [4.78, 5) is 30.6. The number of pyridine rings is 1. The van der Waals surface area contributed by atoms with Crippen LogP contribution in [0.1, 0.15) is 36.2 Å². The van der Waals surface area contributed by atoms with Crippen LogP contribution in [0.3, 0.4) is 0 Å². The van der Waals surface area contributed by atoms with Gasteiger partial charge in [-0.15, -0.1) is 0 Å². The first-order valence-electron chi connectivity index (χ1n) is 11.8. The van der Waals surface area contributed by atoms with E-state index in [-0.39, 0.29) is 24.1 Å². The van der Waals surface area contributed by atoms with Gasteiger partial charge in [-0.2, -0.15) is 0 Å². The minimum Gasteiger partial charge on any atom is -0.493 e. The zero-order chi connectivity index (χ0) is 24.9. The standard InChI is InChI=1S/C28H29FN2O4/c1-3-35-26-15-19(16-27(32)33)7-8-23(26)21-9-10-25(29)22-11-13-31(17-24(21)22)28(34)18(2)14-20-6-4-5-12-30-20/h4-10,12,15,18H,3,11,13-14,16-17H2,1-2H3,(H,32,33). The molecule has 182 valence electrons. The van der Waals surface area contributed by atoms with Gasteiger partial charge in [0, 0.05) is 42.9 Å². The van der Waals surface area contributed by atoms with E-state index in [1.54, 1.807) is 29.3 Å². The van der Waals surface area contributed by atoms with Crippen LogP contribution in [0.15, 0.2) is 54.7 Å². The summed E-state index contributed by atoms with van der Waals surface area (Å²) in [6.07, 6.45) is 2.57. The molecule has 0 bridgehead atoms. The number of carbonyl (C=O) groups excluding carboxylic acids is 1. The molecule has 4 rings (SSSR count). The van der Waals surface area contributed by atoms with Crippen LogP contribution >= 0.6 is 0 Å². The number of aromatic nitrogens is 1. The first kappa shape index (κ1) is 24.4. The fraction of sp³-hybridized carbons (Fsp3) is 0.321. The van der Waals surface area contributed by atoms with Gasteiger partial charge in [-0.1, -0.05) is 31.2 Å². The molecule has 1 N–H and O–H groups in total. The van der Waals surface area contributed by atoms with Crippen LogP contribution in [0.25, 0.3) is 11.1 Å². The minimum absolute atomic E-state index is 0.0124. The van der Waals surface area contributed by atoms with Crippen molar-refractivity contribution in [3.8, 4) is 16.9 Å². The maximum Gasteiger partial charge on any atom is 0.307 e. The van der Waals surface area contributed by atoms with Crippen molar-refractivity contribution >= 4 is 11.9 Å². The maximum atomic E-state index is 14.8. The molecule has 2 aromatic carbocycles. The van der Waals surface area contributed by atoms with Gasteiger partial charge in [0.25, 0.3) is 0 Å². The van der Waals surface area contributed by atoms with Gasteiger partial charge in [0.1, 0.15) is 11.6 Å². The molecule has 2 heterocycles. The second kappa shape index (κ2) is 10.7. The number of hydrogen-bond acceptors (Lipinski definition) is 4. The summed E-state index contributed by atoms with van der Waals surface area (Å²) in [7, 11) is 0. The van der Waals surface area contributed by atoms with Gasteiger partial charge in [-0.05, 0) is 59.9 Å². The monoisotopic (exact) mass is 476 g/mol. The number of aliphatic carboxylic acids is 1. The molecule has 0 radical (unpaired) electrons. The van der Waals surface area contributed by atoms with Crippen LogP contribution in [0.5, 0.6) is 5.75 Å². The molecule has 0 saturated carbocycles. The molecule has 1 unspecified atom stereocenters. The van der Waals surface area contributed by atoms with Gasteiger partial charge < -0.3 is 14.7 Å². The van der Waals surface area contributed by atoms with E-state index in [1.807, 2.05) is 38.1 Å². The van der Waals surface area contributed by atoms with E-state index in [1.165, 1.54) is 6.07 Å². The van der Waals surface area contributed by atoms with E-state index >= 15 is 0 Å². The first-order valence-corrected chi connectivity index (χ1v) is 11.8. The number of ether oxygens (including phenoxy) is 1. The maximum absolute atomic E-state index is 14.8. The van der Waals surface area contributed by atoms with Crippen molar-refractivity contribution in [2.75, 3.05) is 13.2 Å². The normalized spacial score (nSPS) is 13.7. The van der Waals surface area contributed by atoms with Crippen molar-refractivity contribution in [1.29, 1.82) is 0 Å². The second-order valence-electron chi connectivity index (χ2n) is 8.82. The topological polar surface area (TPSA) is 79.7 Å². The zero-order valence-electron chi connectivity index (χ0n) is 20.0. The SMILES string of the molecule is CCOc1cc(CC(=O)O)ccc1-c1ccc(F)c2c1CN(C(=O)C(C)Cc1ccccn1)CC2. The molecular weight excluding hydrogens is 447 g/mol. The van der Waals surface area contributed by atoms with Crippen molar-refractivity contribution in [3.63, 3.8) is 0 Å². The predicted octanol–water partition coefficient (Wildman–Crippen LogP) is 4.68. The summed E-state index contributed by atoms with van der Waals surface area (Å²) < 4.78 is 20.6. The van der Waals surface area contributed by atoms with Gasteiger partial charge in [0.15, 0.2) is 0 Å². The lowest BCUT2D eigenvalue weighted by atomic mass is 9.89. The fourth-order valence-electron chi connectivity index (χ4n) is 4.65. The van der Waals surface area contributed by atoms with Crippen molar-refractivity contribution in [2.24, 2.45) is 5.92 Å². The summed E-state index contributed by atoms with van der Waals surface area (Å²) in [6.45, 7) is 4.91. The summed E-state index contributed by atoms with van der Waals surface area (Å²) in [5.41, 5.74) is 4.42. The van der Waals surface area contributed by atoms with E-state index < -0.39 is 5.97 Å². The van der Waals surface area contributed by atoms with E-state index in [9.17, 15) is 14.0 Å². The lowest BCUT2D eigenvalue weighted by Crippen LogP contribution is -2.40. The molecule has 6 nitrogen and oxygen atoms in total. The summed E-state index contributed by atoms with van der Waals surface area (Å²) >= 11 is 0. The van der Waals surface area contributed by atoms with Crippen LogP contribution in [0, 0.1) is 11.7 Å². The quantitative estimate of drug-likeness (QED) is 0.511. The number of benzene rings is 2. The highest BCUT2D eigenvalue weighted by atomic mass is 19.1. The number of rotatable bonds is 8. The van der Waals surface area contributed by atoms with E-state index in [0.717, 1.165) is 22.4 Å². The van der Waals surface area contributed by atoms with Crippen molar-refractivity contribution < 1.29 is 23.8 Å². The molecule has 1 atom stereocenters. The molecule has 1 aromatic heterocycles. The van der Waals surface area contributed by atoms with Crippen molar-refractivity contribution in [2.45, 2.75) is 39.7 Å². The average molecular weight is 477 g/mol. The number of hydrogen-bond donors (Lipinski definition) is 1. The highest BCUT2D eigenvalue weighted by Crippen LogP contribution is 2.38. The van der Waals surface area contributed by atoms with Crippen molar-refractivity contribution in [1.82, 2.24) is 9.88 Å². The van der Waals surface area contributed by atoms with Gasteiger partial charge in [-0.3, -0.25) is 14.6 Å². The van der Waals surface area contributed by atoms with E-state index in [0.29, 0.717) is 49.4 Å². The van der Waals surface area contributed by atoms with E-state index in [4.69, 9.17) is 9.84 Å². The number of halogens is 1. The van der Waals surface area contributed by atoms with Crippen LogP contribution < -0.4 is 4.74 Å². The molecule has 3 aromatic rings. The predicted molar refractivity (Wildman–Crippen MR) is 131 cm³/mol. The molecule has 0 aliphatic carbocycles. The third-order valence-electron chi connectivity index (χ3n) is 6.32. The molecular formula is C28H29FN2O4. The molecule has 1 amide bonds. The van der Waals surface area contributed by atoms with Crippen LogP contribution in [-0.4, -0.2) is 40.0 Å². The zero-order valence-corrected chi connectivity index (χ0v) is 20.0. The summed E-state index contributed by atoms with van der Waals surface area (Å²) in [5.74, 6) is -0.894. The fourth-order valence-corrected chi connectivity index (χ4v) is 4.65. The van der Waals surface area contributed by atoms with Gasteiger partial charge in [0.2, 0.25) is 5.91 Å². The Labute approximate surface area is 204 Å². The highest BCUT2D eigenvalue weighted by Gasteiger charge is 2.29. The second-order valence-corrected chi connectivity index (χ2v) is 8.82. The Morgan fingerprint density at radius 3 is 2.66 bits per heavy atom. The third kappa shape index (κ3) is 5.50. The third-order valence-corrected chi connectivity index (χ3v) is 6.32. The lowest BCUT2D eigenvalue weighted by molar-refractivity contribution is -0.136. The Kier molecular flexibility index (Phi) is 7.44. The number of carboxylic acids is 1. The Bertz CT molecular complexity index is 1230. The Morgan fingerprint density at radius 1 is 1.14 bits per heavy atom. The largest absolute Gasteiger partial charge is 0.493 e. The molecule has 0 fully saturated rings. The number of amides is 1. The minimum atomic E-state index is -0.923. The van der Waals surface area contributed by atoms with Crippen LogP contribution in [0.2, 0.25) is 0 Å². The van der Waals surface area contributed by atoms with Crippen LogP contribution in [-0.2, 0) is 35.4 Å². The molecule has 1 aliphatic heterocycles. The van der Waals surface area contributed by atoms with Crippen molar-refractivity contribution in [3.05, 3.63) is 82.9 Å². The Morgan fingerprint density at radius 2 is 1.94 bits per heavy atom. The van der Waals surface area contributed by atoms with Gasteiger partial charge in [-0.25, -0.2) is 4.39 Å². The summed E-state index contributed by atoms with van der Waals surface area (Å²) in [5, 5.41) is 9.16. The van der Waals surface area contributed by atoms with Crippen LogP contribution in [0.4, 0.5) is 4.39 Å². The number of nitrogens with zero attached hydrogens (tertiary/aromatic N) is 2. The average Bonchev–Trinajstić information content (AvgIpc) is 2.85. The Hall–Kier alpha value is -3.74. The molecule has 35 heavy (non-hydrogen) atoms. The number of fused-ring (bicyclic) bond motifs is 1. The lowest BCUT2D eigenvalue weighted by Gasteiger charge is -2.32.